The Morgan fingerprint density at radius 1 is 0.278 bits per heavy atom. The molecule has 1 atom stereocenters. The van der Waals surface area contributed by atoms with E-state index in [1.165, 1.54) is 167 Å². The third-order valence-corrected chi connectivity index (χ3v) is 14.3. The van der Waals surface area contributed by atoms with Gasteiger partial charge >= 0.3 is 17.9 Å². The zero-order valence-corrected chi connectivity index (χ0v) is 51.9. The molecular formula is C73H124O6. The minimum Gasteiger partial charge on any atom is -0.462 e. The summed E-state index contributed by atoms with van der Waals surface area (Å²) >= 11 is 0. The van der Waals surface area contributed by atoms with Crippen LogP contribution in [0, 0.1) is 0 Å². The molecule has 79 heavy (non-hydrogen) atoms. The maximum Gasteiger partial charge on any atom is 0.309 e. The average molecular weight is 1100 g/mol. The van der Waals surface area contributed by atoms with Gasteiger partial charge in [0.25, 0.3) is 0 Å². The first-order valence-electron chi connectivity index (χ1n) is 33.4. The normalized spacial score (nSPS) is 12.8. The molecule has 0 aromatic heterocycles. The summed E-state index contributed by atoms with van der Waals surface area (Å²) < 4.78 is 16.8. The number of allylic oxidation sites excluding steroid dienone is 17. The fourth-order valence-electron chi connectivity index (χ4n) is 9.39. The molecule has 0 fully saturated rings. The lowest BCUT2D eigenvalue weighted by Gasteiger charge is -2.18. The number of ether oxygens (including phenoxy) is 3. The summed E-state index contributed by atoms with van der Waals surface area (Å²) in [6, 6.07) is 0. The van der Waals surface area contributed by atoms with E-state index in [1.54, 1.807) is 6.08 Å². The van der Waals surface area contributed by atoms with Gasteiger partial charge in [0.15, 0.2) is 6.10 Å². The smallest absolute Gasteiger partial charge is 0.309 e. The summed E-state index contributed by atoms with van der Waals surface area (Å²) in [4.78, 5) is 38.2. The second kappa shape index (κ2) is 66.6. The van der Waals surface area contributed by atoms with Crippen LogP contribution in [0.2, 0.25) is 0 Å². The molecule has 0 aromatic rings. The van der Waals surface area contributed by atoms with E-state index in [4.69, 9.17) is 14.2 Å². The van der Waals surface area contributed by atoms with Crippen LogP contribution in [-0.4, -0.2) is 37.2 Å². The highest BCUT2D eigenvalue weighted by atomic mass is 16.6. The lowest BCUT2D eigenvalue weighted by Crippen LogP contribution is -2.30. The molecule has 0 aliphatic heterocycles. The molecule has 0 saturated heterocycles. The summed E-state index contributed by atoms with van der Waals surface area (Å²) in [6.45, 7) is 6.33. The Labute approximate surface area is 489 Å². The van der Waals surface area contributed by atoms with E-state index in [9.17, 15) is 14.4 Å². The van der Waals surface area contributed by atoms with Gasteiger partial charge in [-0.15, -0.1) is 0 Å². The second-order valence-electron chi connectivity index (χ2n) is 22.0. The predicted molar refractivity (Wildman–Crippen MR) is 343 cm³/mol. The molecule has 0 bridgehead atoms. The van der Waals surface area contributed by atoms with Gasteiger partial charge < -0.3 is 14.2 Å². The van der Waals surface area contributed by atoms with Crippen LogP contribution in [0.3, 0.4) is 0 Å². The Hall–Kier alpha value is -3.93. The van der Waals surface area contributed by atoms with Crippen molar-refractivity contribution in [2.24, 2.45) is 0 Å². The highest BCUT2D eigenvalue weighted by Gasteiger charge is 2.19. The molecule has 0 aliphatic carbocycles. The number of unbranched alkanes of at least 4 members (excludes halogenated alkanes) is 32. The zero-order valence-electron chi connectivity index (χ0n) is 51.9. The first-order chi connectivity index (χ1) is 39.0. The third-order valence-electron chi connectivity index (χ3n) is 14.3. The minimum absolute atomic E-state index is 0.117. The van der Waals surface area contributed by atoms with Gasteiger partial charge in [-0.3, -0.25) is 14.4 Å². The van der Waals surface area contributed by atoms with Crippen molar-refractivity contribution in [1.29, 1.82) is 0 Å². The number of carbonyl (C=O) groups excluding carboxylic acids is 3. The van der Waals surface area contributed by atoms with E-state index in [0.29, 0.717) is 6.42 Å². The quantitative estimate of drug-likeness (QED) is 0.0261. The van der Waals surface area contributed by atoms with Crippen LogP contribution in [0.25, 0.3) is 0 Å². The predicted octanol–water partition coefficient (Wildman–Crippen LogP) is 23.0. The highest BCUT2D eigenvalue weighted by molar-refractivity contribution is 5.72. The average Bonchev–Trinajstić information content (AvgIpc) is 3.45. The van der Waals surface area contributed by atoms with Crippen molar-refractivity contribution in [3.63, 3.8) is 0 Å². The summed E-state index contributed by atoms with van der Waals surface area (Å²) in [6.07, 6.45) is 91.5. The van der Waals surface area contributed by atoms with Crippen LogP contribution >= 0.6 is 0 Å². The summed E-state index contributed by atoms with van der Waals surface area (Å²) in [5, 5.41) is 0. The van der Waals surface area contributed by atoms with E-state index >= 15 is 0 Å². The van der Waals surface area contributed by atoms with Crippen molar-refractivity contribution in [1.82, 2.24) is 0 Å². The third kappa shape index (κ3) is 64.8. The number of hydrogen-bond donors (Lipinski definition) is 0. The molecule has 0 rings (SSSR count). The van der Waals surface area contributed by atoms with Gasteiger partial charge in [0.2, 0.25) is 0 Å². The van der Waals surface area contributed by atoms with Crippen LogP contribution in [0.5, 0.6) is 0 Å². The van der Waals surface area contributed by atoms with Crippen LogP contribution in [-0.2, 0) is 28.6 Å². The second-order valence-corrected chi connectivity index (χ2v) is 22.0. The van der Waals surface area contributed by atoms with E-state index in [-0.39, 0.29) is 38.0 Å². The van der Waals surface area contributed by atoms with Gasteiger partial charge in [-0.05, 0) is 83.5 Å². The zero-order chi connectivity index (χ0) is 57.1. The van der Waals surface area contributed by atoms with Gasteiger partial charge in [0.05, 0.1) is 6.42 Å². The SMILES string of the molecule is CC/C=C\C/C=C\C/C=C\C/C=C\C/C=C\CC(=O)OCC(COC(=O)CCCCCCCCCCCCCCCCCCCCCCCCCCCCCCC)OC(=O)CCCCCC/C=C\C/C=C\C/C=C\C/C=C\CC. The summed E-state index contributed by atoms with van der Waals surface area (Å²) in [5.74, 6) is -1.07. The first kappa shape index (κ1) is 75.1. The van der Waals surface area contributed by atoms with Crippen molar-refractivity contribution in [2.45, 2.75) is 322 Å². The van der Waals surface area contributed by atoms with Crippen molar-refractivity contribution < 1.29 is 28.6 Å². The van der Waals surface area contributed by atoms with Crippen molar-refractivity contribution in [3.05, 3.63) is 109 Å². The first-order valence-corrected chi connectivity index (χ1v) is 33.4. The molecule has 0 aliphatic rings. The van der Waals surface area contributed by atoms with Gasteiger partial charge in [-0.25, -0.2) is 0 Å². The minimum atomic E-state index is -0.833. The van der Waals surface area contributed by atoms with Crippen molar-refractivity contribution >= 4 is 17.9 Å². The monoisotopic (exact) mass is 1100 g/mol. The fraction of sp³-hybridized carbons (Fsp3) is 0.712. The maximum atomic E-state index is 12.9. The van der Waals surface area contributed by atoms with Gasteiger partial charge in [0.1, 0.15) is 13.2 Å². The van der Waals surface area contributed by atoms with Gasteiger partial charge in [0, 0.05) is 12.8 Å². The number of hydrogen-bond acceptors (Lipinski definition) is 6. The largest absolute Gasteiger partial charge is 0.462 e. The van der Waals surface area contributed by atoms with Crippen molar-refractivity contribution in [3.8, 4) is 0 Å². The molecule has 0 radical (unpaired) electrons. The molecule has 0 aromatic carbocycles. The highest BCUT2D eigenvalue weighted by Crippen LogP contribution is 2.17. The molecule has 0 saturated carbocycles. The van der Waals surface area contributed by atoms with Crippen LogP contribution < -0.4 is 0 Å². The standard InChI is InChI=1S/C73H124O6/c1-4-7-10-13-16-19-22-25-28-30-31-32-33-34-35-36-37-38-39-40-41-43-45-48-51-54-57-60-63-66-72(75)78-69-70(68-77-71(74)65-62-59-56-53-50-47-44-27-24-21-18-15-12-9-6-3)79-73(76)67-64-61-58-55-52-49-46-42-29-26-23-20-17-14-11-8-5-2/h8-9,11-12,17-18,20-21,26-27,29,44,46,49-50,53,59,62,70H,4-7,10,13-16,19,22-25,28,30-43,45,47-48,51-52,54-58,60-61,63-69H2,1-3H3/b11-8-,12-9-,20-17-,21-18-,29-26-,44-27-,49-46-,53-50-,62-59-. The molecular weight excluding hydrogens is 973 g/mol. The van der Waals surface area contributed by atoms with Crippen LogP contribution in [0.15, 0.2) is 109 Å². The molecule has 6 heteroatoms. The van der Waals surface area contributed by atoms with E-state index in [2.05, 4.69) is 118 Å². The Kier molecular flexibility index (Phi) is 63.3. The molecule has 452 valence electrons. The van der Waals surface area contributed by atoms with E-state index in [1.807, 2.05) is 6.08 Å². The fourth-order valence-corrected chi connectivity index (χ4v) is 9.39. The number of carbonyl (C=O) groups is 3. The van der Waals surface area contributed by atoms with Gasteiger partial charge in [-0.2, -0.15) is 0 Å². The molecule has 0 spiro atoms. The molecule has 0 N–H and O–H groups in total. The Bertz CT molecular complexity index is 1590. The summed E-state index contributed by atoms with van der Waals surface area (Å²) in [7, 11) is 0. The van der Waals surface area contributed by atoms with Crippen LogP contribution in [0.4, 0.5) is 0 Å². The van der Waals surface area contributed by atoms with E-state index < -0.39 is 12.1 Å². The van der Waals surface area contributed by atoms with Crippen LogP contribution in [0.1, 0.15) is 316 Å². The summed E-state index contributed by atoms with van der Waals surface area (Å²) in [5.41, 5.74) is 0. The number of esters is 3. The number of rotatable bonds is 60. The lowest BCUT2D eigenvalue weighted by atomic mass is 10.0. The van der Waals surface area contributed by atoms with Crippen molar-refractivity contribution in [2.75, 3.05) is 13.2 Å². The Morgan fingerprint density at radius 3 is 0.886 bits per heavy atom. The molecule has 0 amide bonds. The molecule has 6 nitrogen and oxygen atoms in total. The molecule has 0 heterocycles. The lowest BCUT2D eigenvalue weighted by molar-refractivity contribution is -0.166. The molecule has 1 unspecified atom stereocenters. The Balaban J connectivity index is 4.31. The van der Waals surface area contributed by atoms with E-state index in [0.717, 1.165) is 109 Å². The van der Waals surface area contributed by atoms with Gasteiger partial charge in [-0.1, -0.05) is 323 Å². The Morgan fingerprint density at radius 2 is 0.544 bits per heavy atom. The topological polar surface area (TPSA) is 78.9 Å². The maximum absolute atomic E-state index is 12.9.